The fourth-order valence-corrected chi connectivity index (χ4v) is 2.03. The number of rotatable bonds is 5. The lowest BCUT2D eigenvalue weighted by Crippen LogP contribution is -2.07. The summed E-state index contributed by atoms with van der Waals surface area (Å²) in [7, 11) is 1.15. The first-order valence-electron chi connectivity index (χ1n) is 6.78. The Balaban J connectivity index is 2.21. The van der Waals surface area contributed by atoms with Crippen LogP contribution in [-0.2, 0) is 11.3 Å². The van der Waals surface area contributed by atoms with E-state index in [2.05, 4.69) is 10.1 Å². The Bertz CT molecular complexity index is 762. The molecule has 6 nitrogen and oxygen atoms in total. The summed E-state index contributed by atoms with van der Waals surface area (Å²) in [6, 6.07) is 8.91. The summed E-state index contributed by atoms with van der Waals surface area (Å²) < 4.78 is 18.1. The SMILES string of the molecule is COC(=O)c1cc(NCc2ccc(C)c(F)c2)ccc1[N+](=O)[O-]. The van der Waals surface area contributed by atoms with Crippen molar-refractivity contribution in [2.45, 2.75) is 13.5 Å². The highest BCUT2D eigenvalue weighted by Crippen LogP contribution is 2.24. The topological polar surface area (TPSA) is 81.5 Å². The van der Waals surface area contributed by atoms with Crippen molar-refractivity contribution in [1.82, 2.24) is 0 Å². The van der Waals surface area contributed by atoms with Gasteiger partial charge in [0.1, 0.15) is 11.4 Å². The van der Waals surface area contributed by atoms with Gasteiger partial charge in [-0.3, -0.25) is 10.1 Å². The van der Waals surface area contributed by atoms with Gasteiger partial charge in [-0.2, -0.15) is 0 Å². The summed E-state index contributed by atoms with van der Waals surface area (Å²) in [5, 5.41) is 13.9. The van der Waals surface area contributed by atoms with Crippen LogP contribution in [0.3, 0.4) is 0 Å². The number of esters is 1. The maximum absolute atomic E-state index is 13.5. The molecular formula is C16H15FN2O4. The highest BCUT2D eigenvalue weighted by molar-refractivity contribution is 5.95. The number of hydrogen-bond donors (Lipinski definition) is 1. The molecule has 0 aliphatic rings. The third kappa shape index (κ3) is 3.82. The predicted octanol–water partition coefficient (Wildman–Crippen LogP) is 3.44. The number of nitro groups is 1. The number of nitro benzene ring substituents is 1. The number of ether oxygens (including phenoxy) is 1. The zero-order valence-electron chi connectivity index (χ0n) is 12.6. The molecule has 2 rings (SSSR count). The minimum atomic E-state index is -0.790. The summed E-state index contributed by atoms with van der Waals surface area (Å²) in [6.07, 6.45) is 0. The number of carbonyl (C=O) groups is 1. The first kappa shape index (κ1) is 16.4. The van der Waals surface area contributed by atoms with Gasteiger partial charge in [-0.1, -0.05) is 12.1 Å². The van der Waals surface area contributed by atoms with Crippen LogP contribution in [0.2, 0.25) is 0 Å². The molecule has 2 aromatic rings. The summed E-state index contributed by atoms with van der Waals surface area (Å²) >= 11 is 0. The summed E-state index contributed by atoms with van der Waals surface area (Å²) in [6.45, 7) is 1.99. The van der Waals surface area contributed by atoms with Crippen molar-refractivity contribution < 1.29 is 18.8 Å². The number of carbonyl (C=O) groups excluding carboxylic acids is 1. The number of halogens is 1. The largest absolute Gasteiger partial charge is 0.465 e. The van der Waals surface area contributed by atoms with Crippen LogP contribution in [0.15, 0.2) is 36.4 Å². The zero-order valence-corrected chi connectivity index (χ0v) is 12.6. The number of hydrogen-bond acceptors (Lipinski definition) is 5. The Morgan fingerprint density at radius 2 is 2.04 bits per heavy atom. The second-order valence-corrected chi connectivity index (χ2v) is 4.92. The molecule has 0 aromatic heterocycles. The Morgan fingerprint density at radius 1 is 1.30 bits per heavy atom. The average molecular weight is 318 g/mol. The van der Waals surface area contributed by atoms with E-state index in [9.17, 15) is 19.3 Å². The van der Waals surface area contributed by atoms with E-state index in [1.165, 1.54) is 24.3 Å². The van der Waals surface area contributed by atoms with Crippen molar-refractivity contribution >= 4 is 17.3 Å². The lowest BCUT2D eigenvalue weighted by atomic mass is 10.1. The van der Waals surface area contributed by atoms with Gasteiger partial charge in [-0.15, -0.1) is 0 Å². The zero-order chi connectivity index (χ0) is 17.0. The first-order chi connectivity index (χ1) is 10.9. The highest BCUT2D eigenvalue weighted by Gasteiger charge is 2.21. The summed E-state index contributed by atoms with van der Waals surface area (Å²) in [5.74, 6) is -1.09. The fraction of sp³-hybridized carbons (Fsp3) is 0.188. The summed E-state index contributed by atoms with van der Waals surface area (Å²) in [5.41, 5.74) is 1.29. The van der Waals surface area contributed by atoms with Crippen LogP contribution < -0.4 is 5.32 Å². The molecule has 120 valence electrons. The van der Waals surface area contributed by atoms with Gasteiger partial charge in [-0.25, -0.2) is 9.18 Å². The molecule has 0 spiro atoms. The van der Waals surface area contributed by atoms with Crippen molar-refractivity contribution in [3.8, 4) is 0 Å². The Hall–Kier alpha value is -2.96. The van der Waals surface area contributed by atoms with E-state index in [0.717, 1.165) is 7.11 Å². The van der Waals surface area contributed by atoms with Gasteiger partial charge in [0.15, 0.2) is 0 Å². The molecule has 0 unspecified atom stereocenters. The molecule has 0 saturated heterocycles. The molecule has 0 atom stereocenters. The molecule has 0 fully saturated rings. The van der Waals surface area contributed by atoms with Crippen LogP contribution in [0.1, 0.15) is 21.5 Å². The molecule has 1 N–H and O–H groups in total. The van der Waals surface area contributed by atoms with E-state index in [4.69, 9.17) is 0 Å². The quantitative estimate of drug-likeness (QED) is 0.519. The number of benzene rings is 2. The first-order valence-corrected chi connectivity index (χ1v) is 6.78. The lowest BCUT2D eigenvalue weighted by molar-refractivity contribution is -0.385. The maximum atomic E-state index is 13.5. The van der Waals surface area contributed by atoms with Crippen LogP contribution in [-0.4, -0.2) is 18.0 Å². The molecule has 7 heteroatoms. The Morgan fingerprint density at radius 3 is 2.65 bits per heavy atom. The van der Waals surface area contributed by atoms with Gasteiger partial charge < -0.3 is 10.1 Å². The average Bonchev–Trinajstić information content (AvgIpc) is 2.54. The van der Waals surface area contributed by atoms with Crippen LogP contribution in [0.5, 0.6) is 0 Å². The van der Waals surface area contributed by atoms with Crippen molar-refractivity contribution in [2.24, 2.45) is 0 Å². The monoisotopic (exact) mass is 318 g/mol. The van der Waals surface area contributed by atoms with E-state index >= 15 is 0 Å². The van der Waals surface area contributed by atoms with Crippen LogP contribution >= 0.6 is 0 Å². The number of nitrogens with one attached hydrogen (secondary N) is 1. The van der Waals surface area contributed by atoms with E-state index < -0.39 is 10.9 Å². The van der Waals surface area contributed by atoms with Gasteiger partial charge in [0, 0.05) is 18.3 Å². The standard InChI is InChI=1S/C16H15FN2O4/c1-10-3-4-11(7-14(10)17)9-18-12-5-6-15(19(21)22)13(8-12)16(20)23-2/h3-8,18H,9H2,1-2H3. The maximum Gasteiger partial charge on any atom is 0.344 e. The van der Waals surface area contributed by atoms with Crippen molar-refractivity contribution in [3.63, 3.8) is 0 Å². The van der Waals surface area contributed by atoms with E-state index in [1.807, 2.05) is 0 Å². The fourth-order valence-electron chi connectivity index (χ4n) is 2.03. The minimum Gasteiger partial charge on any atom is -0.465 e. The molecule has 0 aliphatic carbocycles. The van der Waals surface area contributed by atoms with Crippen molar-refractivity contribution in [3.05, 3.63) is 69.0 Å². The van der Waals surface area contributed by atoms with Gasteiger partial charge in [0.25, 0.3) is 5.69 Å². The van der Waals surface area contributed by atoms with Gasteiger partial charge in [0.2, 0.25) is 0 Å². The molecule has 0 radical (unpaired) electrons. The number of nitrogens with zero attached hydrogens (tertiary/aromatic N) is 1. The van der Waals surface area contributed by atoms with Gasteiger partial charge in [-0.05, 0) is 36.2 Å². The third-order valence-electron chi connectivity index (χ3n) is 3.33. The summed E-state index contributed by atoms with van der Waals surface area (Å²) in [4.78, 5) is 21.9. The third-order valence-corrected chi connectivity index (χ3v) is 3.33. The molecule has 0 amide bonds. The van der Waals surface area contributed by atoms with Gasteiger partial charge in [0.05, 0.1) is 12.0 Å². The smallest absolute Gasteiger partial charge is 0.344 e. The molecule has 0 bridgehead atoms. The molecule has 23 heavy (non-hydrogen) atoms. The molecule has 0 saturated carbocycles. The van der Waals surface area contributed by atoms with E-state index in [1.54, 1.807) is 19.1 Å². The van der Waals surface area contributed by atoms with Gasteiger partial charge >= 0.3 is 5.97 Å². The molecule has 0 heterocycles. The highest BCUT2D eigenvalue weighted by atomic mass is 19.1. The Kier molecular flexibility index (Phi) is 4.90. The van der Waals surface area contributed by atoms with Crippen LogP contribution in [0.25, 0.3) is 0 Å². The molecule has 2 aromatic carbocycles. The predicted molar refractivity (Wildman–Crippen MR) is 82.9 cm³/mol. The van der Waals surface area contributed by atoms with Crippen LogP contribution in [0, 0.1) is 22.9 Å². The number of aryl methyl sites for hydroxylation is 1. The normalized spacial score (nSPS) is 10.2. The number of methoxy groups -OCH3 is 1. The Labute approximate surface area is 132 Å². The number of anilines is 1. The minimum absolute atomic E-state index is 0.141. The van der Waals surface area contributed by atoms with E-state index in [-0.39, 0.29) is 17.1 Å². The molecule has 0 aliphatic heterocycles. The second kappa shape index (κ2) is 6.87. The van der Waals surface area contributed by atoms with Crippen molar-refractivity contribution in [2.75, 3.05) is 12.4 Å². The van der Waals surface area contributed by atoms with E-state index in [0.29, 0.717) is 23.4 Å². The second-order valence-electron chi connectivity index (χ2n) is 4.92. The van der Waals surface area contributed by atoms with Crippen LogP contribution in [0.4, 0.5) is 15.8 Å². The lowest BCUT2D eigenvalue weighted by Gasteiger charge is -2.09. The molecular weight excluding hydrogens is 303 g/mol. The van der Waals surface area contributed by atoms with Crippen molar-refractivity contribution in [1.29, 1.82) is 0 Å².